The van der Waals surface area contributed by atoms with Crippen LogP contribution in [-0.2, 0) is 9.47 Å². The Labute approximate surface area is 152 Å². The number of nitrogens with zero attached hydrogens (tertiary/aromatic N) is 1. The van der Waals surface area contributed by atoms with E-state index in [4.69, 9.17) is 25.8 Å². The van der Waals surface area contributed by atoms with Crippen molar-refractivity contribution in [2.75, 3.05) is 33.1 Å². The molecule has 0 saturated heterocycles. The summed E-state index contributed by atoms with van der Waals surface area (Å²) >= 11 is 5.84. The van der Waals surface area contributed by atoms with Gasteiger partial charge in [0.15, 0.2) is 6.29 Å². The first-order chi connectivity index (χ1) is 12.0. The molecule has 0 aliphatic rings. The number of hydrogen-bond acceptors (Lipinski definition) is 4. The smallest absolute Gasteiger partial charge is 0.321 e. The number of benzene rings is 2. The summed E-state index contributed by atoms with van der Waals surface area (Å²) in [4.78, 5) is 13.6. The molecule has 2 aromatic rings. The van der Waals surface area contributed by atoms with Crippen LogP contribution in [0.4, 0.5) is 10.5 Å². The zero-order valence-corrected chi connectivity index (χ0v) is 15.1. The maximum Gasteiger partial charge on any atom is 0.321 e. The van der Waals surface area contributed by atoms with Gasteiger partial charge in [-0.3, -0.25) is 0 Å². The fourth-order valence-corrected chi connectivity index (χ4v) is 2.14. The summed E-state index contributed by atoms with van der Waals surface area (Å²) in [6.45, 7) is 0.316. The van der Waals surface area contributed by atoms with Crippen LogP contribution in [0.1, 0.15) is 0 Å². The van der Waals surface area contributed by atoms with E-state index >= 15 is 0 Å². The van der Waals surface area contributed by atoms with Gasteiger partial charge in [0.1, 0.15) is 11.5 Å². The number of amides is 2. The summed E-state index contributed by atoms with van der Waals surface area (Å²) < 4.78 is 15.9. The lowest BCUT2D eigenvalue weighted by Crippen LogP contribution is -2.38. The Morgan fingerprint density at radius 3 is 2.08 bits per heavy atom. The zero-order valence-electron chi connectivity index (χ0n) is 14.4. The molecule has 7 heteroatoms. The maximum atomic E-state index is 12.1. The second-order valence-electron chi connectivity index (χ2n) is 5.29. The van der Waals surface area contributed by atoms with Gasteiger partial charge in [-0.15, -0.1) is 0 Å². The predicted molar refractivity (Wildman–Crippen MR) is 97.4 cm³/mol. The van der Waals surface area contributed by atoms with E-state index in [1.165, 1.54) is 19.1 Å². The molecule has 6 nitrogen and oxygen atoms in total. The summed E-state index contributed by atoms with van der Waals surface area (Å²) in [6, 6.07) is 13.9. The second kappa shape index (κ2) is 9.27. The van der Waals surface area contributed by atoms with Gasteiger partial charge in [-0.05, 0) is 48.5 Å². The molecule has 0 aromatic heterocycles. The van der Waals surface area contributed by atoms with Crippen molar-refractivity contribution < 1.29 is 19.0 Å². The number of nitrogens with one attached hydrogen (secondary N) is 1. The van der Waals surface area contributed by atoms with Crippen LogP contribution in [0.3, 0.4) is 0 Å². The van der Waals surface area contributed by atoms with E-state index in [-0.39, 0.29) is 6.03 Å². The number of carbonyl (C=O) groups is 1. The SMILES string of the molecule is COC(CN(C)C(=O)Nc1ccc(Oc2ccc(Cl)cc2)cc1)OC. The lowest BCUT2D eigenvalue weighted by atomic mass is 10.3. The number of halogens is 1. The maximum absolute atomic E-state index is 12.1. The molecule has 0 fully saturated rings. The molecule has 2 rings (SSSR count). The monoisotopic (exact) mass is 364 g/mol. The number of rotatable bonds is 7. The van der Waals surface area contributed by atoms with E-state index in [0.717, 1.165) is 0 Å². The average Bonchev–Trinajstić information content (AvgIpc) is 2.63. The van der Waals surface area contributed by atoms with Gasteiger partial charge in [0, 0.05) is 32.0 Å². The highest BCUT2D eigenvalue weighted by molar-refractivity contribution is 6.30. The number of urea groups is 1. The van der Waals surface area contributed by atoms with Crippen molar-refractivity contribution in [2.24, 2.45) is 0 Å². The van der Waals surface area contributed by atoms with Crippen LogP contribution in [0.5, 0.6) is 11.5 Å². The number of ether oxygens (including phenoxy) is 3. The third-order valence-electron chi connectivity index (χ3n) is 3.45. The summed E-state index contributed by atoms with van der Waals surface area (Å²) in [6.07, 6.45) is -0.467. The van der Waals surface area contributed by atoms with Crippen LogP contribution in [0.25, 0.3) is 0 Å². The molecule has 2 aromatic carbocycles. The number of carbonyl (C=O) groups excluding carboxylic acids is 1. The largest absolute Gasteiger partial charge is 0.457 e. The predicted octanol–water partition coefficient (Wildman–Crippen LogP) is 4.21. The first-order valence-corrected chi connectivity index (χ1v) is 8.01. The van der Waals surface area contributed by atoms with Crippen molar-refractivity contribution in [3.05, 3.63) is 53.6 Å². The Balaban J connectivity index is 1.91. The minimum absolute atomic E-state index is 0.259. The molecule has 0 atom stereocenters. The second-order valence-corrected chi connectivity index (χ2v) is 5.73. The van der Waals surface area contributed by atoms with E-state index in [1.54, 1.807) is 55.6 Å². The molecule has 0 radical (unpaired) electrons. The van der Waals surface area contributed by atoms with Crippen molar-refractivity contribution in [1.29, 1.82) is 0 Å². The number of likely N-dealkylation sites (N-methyl/N-ethyl adjacent to an activating group) is 1. The lowest BCUT2D eigenvalue weighted by molar-refractivity contribution is -0.108. The van der Waals surface area contributed by atoms with Crippen LogP contribution < -0.4 is 10.1 Å². The molecule has 2 amide bonds. The van der Waals surface area contributed by atoms with E-state index in [0.29, 0.717) is 28.8 Å². The van der Waals surface area contributed by atoms with Crippen molar-refractivity contribution in [3.63, 3.8) is 0 Å². The minimum Gasteiger partial charge on any atom is -0.457 e. The topological polar surface area (TPSA) is 60.0 Å². The molecule has 0 bridgehead atoms. The number of hydrogen-bond donors (Lipinski definition) is 1. The van der Waals surface area contributed by atoms with Crippen molar-refractivity contribution in [2.45, 2.75) is 6.29 Å². The Kier molecular flexibility index (Phi) is 7.06. The molecule has 0 spiro atoms. The van der Waals surface area contributed by atoms with E-state index in [9.17, 15) is 4.79 Å². The molecule has 0 unspecified atom stereocenters. The van der Waals surface area contributed by atoms with Crippen molar-refractivity contribution in [3.8, 4) is 11.5 Å². The molecular weight excluding hydrogens is 344 g/mol. The van der Waals surface area contributed by atoms with Crippen molar-refractivity contribution >= 4 is 23.3 Å². The van der Waals surface area contributed by atoms with Crippen LogP contribution in [0, 0.1) is 0 Å². The third-order valence-corrected chi connectivity index (χ3v) is 3.70. The molecule has 25 heavy (non-hydrogen) atoms. The lowest BCUT2D eigenvalue weighted by Gasteiger charge is -2.22. The van der Waals surface area contributed by atoms with Crippen LogP contribution >= 0.6 is 11.6 Å². The molecule has 1 N–H and O–H groups in total. The Hall–Kier alpha value is -2.28. The molecular formula is C18H21ClN2O4. The highest BCUT2D eigenvalue weighted by Gasteiger charge is 2.14. The molecule has 0 heterocycles. The van der Waals surface area contributed by atoms with E-state index in [1.807, 2.05) is 0 Å². The van der Waals surface area contributed by atoms with E-state index in [2.05, 4.69) is 5.32 Å². The standard InChI is InChI=1S/C18H21ClN2O4/c1-21(12-17(23-2)24-3)18(22)20-14-6-10-16(11-7-14)25-15-8-4-13(19)5-9-15/h4-11,17H,12H2,1-3H3,(H,20,22). The van der Waals surface area contributed by atoms with Gasteiger partial charge in [0.2, 0.25) is 0 Å². The highest BCUT2D eigenvalue weighted by atomic mass is 35.5. The third kappa shape index (κ3) is 5.94. The molecule has 134 valence electrons. The Morgan fingerprint density at radius 2 is 1.56 bits per heavy atom. The van der Waals surface area contributed by atoms with Crippen LogP contribution in [-0.4, -0.2) is 45.0 Å². The quantitative estimate of drug-likeness (QED) is 0.747. The van der Waals surface area contributed by atoms with Gasteiger partial charge in [-0.1, -0.05) is 11.6 Å². The normalized spacial score (nSPS) is 10.6. The summed E-state index contributed by atoms with van der Waals surface area (Å²) in [5.74, 6) is 1.35. The Morgan fingerprint density at radius 1 is 1.04 bits per heavy atom. The fraction of sp³-hybridized carbons (Fsp3) is 0.278. The van der Waals surface area contributed by atoms with Crippen LogP contribution in [0.2, 0.25) is 5.02 Å². The van der Waals surface area contributed by atoms with Gasteiger partial charge in [0.25, 0.3) is 0 Å². The summed E-state index contributed by atoms with van der Waals surface area (Å²) in [5.41, 5.74) is 0.659. The number of anilines is 1. The van der Waals surface area contributed by atoms with Crippen LogP contribution in [0.15, 0.2) is 48.5 Å². The zero-order chi connectivity index (χ0) is 18.2. The van der Waals surface area contributed by atoms with Gasteiger partial charge in [-0.25, -0.2) is 4.79 Å². The molecule has 0 aliphatic carbocycles. The van der Waals surface area contributed by atoms with Crippen molar-refractivity contribution in [1.82, 2.24) is 4.90 Å². The van der Waals surface area contributed by atoms with Gasteiger partial charge < -0.3 is 24.4 Å². The average molecular weight is 365 g/mol. The fourth-order valence-electron chi connectivity index (χ4n) is 2.02. The minimum atomic E-state index is -0.467. The first kappa shape index (κ1) is 19.1. The number of methoxy groups -OCH3 is 2. The van der Waals surface area contributed by atoms with Gasteiger partial charge in [0.05, 0.1) is 6.54 Å². The van der Waals surface area contributed by atoms with Gasteiger partial charge in [-0.2, -0.15) is 0 Å². The van der Waals surface area contributed by atoms with E-state index < -0.39 is 6.29 Å². The summed E-state index contributed by atoms with van der Waals surface area (Å²) in [7, 11) is 4.72. The molecule has 0 saturated carbocycles. The first-order valence-electron chi connectivity index (χ1n) is 7.63. The molecule has 0 aliphatic heterocycles. The summed E-state index contributed by atoms with van der Waals surface area (Å²) in [5, 5.41) is 3.45. The van der Waals surface area contributed by atoms with Gasteiger partial charge >= 0.3 is 6.03 Å². The Bertz CT molecular complexity index is 672. The highest BCUT2D eigenvalue weighted by Crippen LogP contribution is 2.24.